The molecular weight excluding hydrogens is 222 g/mol. The summed E-state index contributed by atoms with van der Waals surface area (Å²) in [5, 5.41) is 8.80. The SMILES string of the molecule is COc1ccc(C(C)(N)CC(=O)O)cc1OC. The number of carboxylic acids is 1. The Kier molecular flexibility index (Phi) is 3.96. The summed E-state index contributed by atoms with van der Waals surface area (Å²) >= 11 is 0. The Bertz CT molecular complexity index is 415. The average Bonchev–Trinajstić information content (AvgIpc) is 2.26. The number of aliphatic carboxylic acids is 1. The van der Waals surface area contributed by atoms with E-state index in [9.17, 15) is 4.79 Å². The van der Waals surface area contributed by atoms with Crippen molar-refractivity contribution >= 4 is 5.97 Å². The molecule has 0 fully saturated rings. The van der Waals surface area contributed by atoms with Crippen molar-refractivity contribution in [2.24, 2.45) is 5.73 Å². The topological polar surface area (TPSA) is 81.8 Å². The van der Waals surface area contributed by atoms with Crippen LogP contribution in [0.25, 0.3) is 0 Å². The molecule has 3 N–H and O–H groups in total. The normalized spacial score (nSPS) is 13.9. The fourth-order valence-electron chi connectivity index (χ4n) is 1.61. The number of ether oxygens (including phenoxy) is 2. The number of hydrogen-bond donors (Lipinski definition) is 2. The molecule has 5 nitrogen and oxygen atoms in total. The van der Waals surface area contributed by atoms with Crippen LogP contribution in [0, 0.1) is 0 Å². The van der Waals surface area contributed by atoms with Crippen molar-refractivity contribution in [3.63, 3.8) is 0 Å². The van der Waals surface area contributed by atoms with Crippen molar-refractivity contribution in [1.82, 2.24) is 0 Å². The summed E-state index contributed by atoms with van der Waals surface area (Å²) in [4.78, 5) is 10.7. The molecule has 1 unspecified atom stereocenters. The van der Waals surface area contributed by atoms with E-state index in [1.807, 2.05) is 0 Å². The lowest BCUT2D eigenvalue weighted by atomic mass is 9.89. The van der Waals surface area contributed by atoms with E-state index in [-0.39, 0.29) is 6.42 Å². The maximum atomic E-state index is 10.7. The van der Waals surface area contributed by atoms with Crippen LogP contribution >= 0.6 is 0 Å². The average molecular weight is 239 g/mol. The minimum absolute atomic E-state index is 0.150. The summed E-state index contributed by atoms with van der Waals surface area (Å²) in [6.45, 7) is 1.67. The van der Waals surface area contributed by atoms with Crippen LogP contribution in [0.2, 0.25) is 0 Å². The van der Waals surface area contributed by atoms with Crippen molar-refractivity contribution in [3.05, 3.63) is 23.8 Å². The van der Waals surface area contributed by atoms with Crippen LogP contribution < -0.4 is 15.2 Å². The van der Waals surface area contributed by atoms with Crippen LogP contribution in [0.4, 0.5) is 0 Å². The van der Waals surface area contributed by atoms with Gasteiger partial charge >= 0.3 is 5.97 Å². The number of carboxylic acid groups (broad SMARTS) is 1. The molecule has 0 saturated heterocycles. The van der Waals surface area contributed by atoms with Crippen molar-refractivity contribution in [2.45, 2.75) is 18.9 Å². The summed E-state index contributed by atoms with van der Waals surface area (Å²) in [5.74, 6) is 0.180. The standard InChI is InChI=1S/C12H17NO4/c1-12(13,7-11(14)15)8-4-5-9(16-2)10(6-8)17-3/h4-6H,7,13H2,1-3H3,(H,14,15). The Morgan fingerprint density at radius 2 is 1.94 bits per heavy atom. The Hall–Kier alpha value is -1.75. The molecule has 1 atom stereocenters. The minimum Gasteiger partial charge on any atom is -0.493 e. The lowest BCUT2D eigenvalue weighted by molar-refractivity contribution is -0.138. The van der Waals surface area contributed by atoms with Crippen molar-refractivity contribution in [3.8, 4) is 11.5 Å². The zero-order valence-corrected chi connectivity index (χ0v) is 10.2. The highest BCUT2D eigenvalue weighted by atomic mass is 16.5. The molecule has 94 valence electrons. The summed E-state index contributed by atoms with van der Waals surface area (Å²) in [5.41, 5.74) is 5.73. The highest BCUT2D eigenvalue weighted by Gasteiger charge is 2.25. The van der Waals surface area contributed by atoms with E-state index in [2.05, 4.69) is 0 Å². The van der Waals surface area contributed by atoms with Gasteiger partial charge in [0.05, 0.1) is 20.6 Å². The highest BCUT2D eigenvalue weighted by molar-refractivity contribution is 5.69. The molecule has 1 aromatic rings. The monoisotopic (exact) mass is 239 g/mol. The summed E-state index contributed by atoms with van der Waals surface area (Å²) < 4.78 is 10.3. The molecule has 17 heavy (non-hydrogen) atoms. The Labute approximate surface area is 100 Å². The van der Waals surface area contributed by atoms with E-state index in [0.717, 1.165) is 0 Å². The summed E-state index contributed by atoms with van der Waals surface area (Å²) in [6, 6.07) is 5.15. The van der Waals surface area contributed by atoms with Gasteiger partial charge in [0.25, 0.3) is 0 Å². The summed E-state index contributed by atoms with van der Waals surface area (Å²) in [6.07, 6.45) is -0.150. The quantitative estimate of drug-likeness (QED) is 0.810. The van der Waals surface area contributed by atoms with Crippen LogP contribution in [0.1, 0.15) is 18.9 Å². The van der Waals surface area contributed by atoms with E-state index in [1.165, 1.54) is 14.2 Å². The van der Waals surface area contributed by atoms with Gasteiger partial charge in [0.15, 0.2) is 11.5 Å². The first-order valence-corrected chi connectivity index (χ1v) is 5.14. The molecule has 0 aromatic heterocycles. The van der Waals surface area contributed by atoms with Crippen LogP contribution in [-0.4, -0.2) is 25.3 Å². The molecule has 1 rings (SSSR count). The largest absolute Gasteiger partial charge is 0.493 e. The Morgan fingerprint density at radius 1 is 1.35 bits per heavy atom. The van der Waals surface area contributed by atoms with Gasteiger partial charge < -0.3 is 20.3 Å². The second-order valence-corrected chi connectivity index (χ2v) is 4.06. The molecule has 0 aliphatic carbocycles. The molecule has 0 aliphatic rings. The molecular formula is C12H17NO4. The first-order chi connectivity index (χ1) is 7.90. The van der Waals surface area contributed by atoms with E-state index >= 15 is 0 Å². The van der Waals surface area contributed by atoms with Gasteiger partial charge in [0.1, 0.15) is 0 Å². The van der Waals surface area contributed by atoms with Crippen molar-refractivity contribution in [2.75, 3.05) is 14.2 Å². The molecule has 1 aromatic carbocycles. The maximum absolute atomic E-state index is 10.7. The number of hydrogen-bond acceptors (Lipinski definition) is 4. The zero-order valence-electron chi connectivity index (χ0n) is 10.2. The minimum atomic E-state index is -0.940. The van der Waals surface area contributed by atoms with Gasteiger partial charge in [-0.2, -0.15) is 0 Å². The highest BCUT2D eigenvalue weighted by Crippen LogP contribution is 2.32. The lowest BCUT2D eigenvalue weighted by Gasteiger charge is -2.24. The predicted molar refractivity (Wildman–Crippen MR) is 63.3 cm³/mol. The van der Waals surface area contributed by atoms with Crippen LogP contribution in [0.15, 0.2) is 18.2 Å². The molecule has 0 amide bonds. The van der Waals surface area contributed by atoms with Gasteiger partial charge in [-0.3, -0.25) is 4.79 Å². The second-order valence-electron chi connectivity index (χ2n) is 4.06. The van der Waals surface area contributed by atoms with E-state index < -0.39 is 11.5 Å². The van der Waals surface area contributed by atoms with Gasteiger partial charge in [-0.25, -0.2) is 0 Å². The number of benzene rings is 1. The van der Waals surface area contributed by atoms with Crippen molar-refractivity contribution in [1.29, 1.82) is 0 Å². The van der Waals surface area contributed by atoms with Crippen molar-refractivity contribution < 1.29 is 19.4 Å². The first-order valence-electron chi connectivity index (χ1n) is 5.14. The van der Waals surface area contributed by atoms with Crippen LogP contribution in [0.5, 0.6) is 11.5 Å². The summed E-state index contributed by atoms with van der Waals surface area (Å²) in [7, 11) is 3.06. The van der Waals surface area contributed by atoms with E-state index in [0.29, 0.717) is 17.1 Å². The number of carbonyl (C=O) groups is 1. The molecule has 0 heterocycles. The predicted octanol–water partition coefficient (Wildman–Crippen LogP) is 1.35. The van der Waals surface area contributed by atoms with Crippen LogP contribution in [-0.2, 0) is 10.3 Å². The number of nitrogens with two attached hydrogens (primary N) is 1. The molecule has 0 spiro atoms. The maximum Gasteiger partial charge on any atom is 0.305 e. The van der Waals surface area contributed by atoms with E-state index in [4.69, 9.17) is 20.3 Å². The van der Waals surface area contributed by atoms with Gasteiger partial charge in [-0.05, 0) is 24.6 Å². The lowest BCUT2D eigenvalue weighted by Crippen LogP contribution is -2.35. The zero-order chi connectivity index (χ0) is 13.1. The fraction of sp³-hybridized carbons (Fsp3) is 0.417. The third kappa shape index (κ3) is 3.10. The Morgan fingerprint density at radius 3 is 2.41 bits per heavy atom. The van der Waals surface area contributed by atoms with Gasteiger partial charge in [0, 0.05) is 5.54 Å². The Balaban J connectivity index is 3.10. The van der Waals surface area contributed by atoms with Gasteiger partial charge in [-0.1, -0.05) is 6.07 Å². The molecule has 0 bridgehead atoms. The third-order valence-corrected chi connectivity index (χ3v) is 2.56. The van der Waals surface area contributed by atoms with Gasteiger partial charge in [0.2, 0.25) is 0 Å². The molecule has 0 saturated carbocycles. The number of methoxy groups -OCH3 is 2. The van der Waals surface area contributed by atoms with Gasteiger partial charge in [-0.15, -0.1) is 0 Å². The third-order valence-electron chi connectivity index (χ3n) is 2.56. The second kappa shape index (κ2) is 5.05. The van der Waals surface area contributed by atoms with E-state index in [1.54, 1.807) is 25.1 Å². The smallest absolute Gasteiger partial charge is 0.305 e. The molecule has 5 heteroatoms. The first kappa shape index (κ1) is 13.3. The molecule has 0 radical (unpaired) electrons. The fourth-order valence-corrected chi connectivity index (χ4v) is 1.61. The number of rotatable bonds is 5. The molecule has 0 aliphatic heterocycles. The van der Waals surface area contributed by atoms with Crippen LogP contribution in [0.3, 0.4) is 0 Å².